The van der Waals surface area contributed by atoms with Crippen molar-refractivity contribution in [2.24, 2.45) is 0 Å². The van der Waals surface area contributed by atoms with E-state index in [1.54, 1.807) is 24.5 Å². The third-order valence-electron chi connectivity index (χ3n) is 2.21. The van der Waals surface area contributed by atoms with Crippen LogP contribution in [0.1, 0.15) is 5.56 Å². The summed E-state index contributed by atoms with van der Waals surface area (Å²) in [7, 11) is -3.75. The van der Waals surface area contributed by atoms with Gasteiger partial charge in [0.15, 0.2) is 0 Å². The Morgan fingerprint density at radius 1 is 1.39 bits per heavy atom. The van der Waals surface area contributed by atoms with E-state index in [0.717, 1.165) is 5.56 Å². The van der Waals surface area contributed by atoms with Gasteiger partial charge < -0.3 is 10.2 Å². The Balaban J connectivity index is 2.57. The number of aliphatic hydroxyl groups is 1. The molecule has 1 rings (SSSR count). The molecule has 100 valence electrons. The van der Waals surface area contributed by atoms with Crippen LogP contribution < -0.4 is 4.72 Å². The molecule has 0 spiro atoms. The van der Waals surface area contributed by atoms with E-state index in [9.17, 15) is 13.2 Å². The maximum Gasteiger partial charge on any atom is 0.324 e. The van der Waals surface area contributed by atoms with Crippen molar-refractivity contribution >= 4 is 16.0 Å². The van der Waals surface area contributed by atoms with Gasteiger partial charge in [-0.2, -0.15) is 4.72 Å². The minimum Gasteiger partial charge on any atom is -0.480 e. The quantitative estimate of drug-likeness (QED) is 0.586. The minimum absolute atomic E-state index is 0.246. The average molecular weight is 274 g/mol. The normalized spacial score (nSPS) is 13.2. The predicted molar refractivity (Wildman–Crippen MR) is 63.4 cm³/mol. The molecule has 8 heteroatoms. The van der Waals surface area contributed by atoms with Gasteiger partial charge in [-0.1, -0.05) is 0 Å². The molecule has 0 unspecified atom stereocenters. The zero-order chi connectivity index (χ0) is 13.6. The summed E-state index contributed by atoms with van der Waals surface area (Å²) in [5.41, 5.74) is 0.784. The summed E-state index contributed by atoms with van der Waals surface area (Å²) in [5.74, 6) is -1.66. The van der Waals surface area contributed by atoms with Crippen molar-refractivity contribution in [2.45, 2.75) is 12.5 Å². The molecule has 0 bridgehead atoms. The van der Waals surface area contributed by atoms with Crippen LogP contribution in [0.25, 0.3) is 0 Å². The third kappa shape index (κ3) is 4.78. The van der Waals surface area contributed by atoms with Gasteiger partial charge >= 0.3 is 5.97 Å². The van der Waals surface area contributed by atoms with Crippen LogP contribution in [0.2, 0.25) is 0 Å². The molecule has 0 aliphatic rings. The number of hydrogen-bond acceptors (Lipinski definition) is 5. The first kappa shape index (κ1) is 14.6. The van der Waals surface area contributed by atoms with Gasteiger partial charge in [-0.3, -0.25) is 9.78 Å². The molecule has 0 saturated heterocycles. The number of rotatable bonds is 7. The number of sulfonamides is 1. The number of hydrogen-bond donors (Lipinski definition) is 3. The lowest BCUT2D eigenvalue weighted by Crippen LogP contribution is -2.44. The number of pyridine rings is 1. The lowest BCUT2D eigenvalue weighted by molar-refractivity contribution is -0.139. The van der Waals surface area contributed by atoms with E-state index in [1.165, 1.54) is 0 Å². The molecule has 0 aliphatic heterocycles. The van der Waals surface area contributed by atoms with Gasteiger partial charge in [0, 0.05) is 12.4 Å². The van der Waals surface area contributed by atoms with Gasteiger partial charge in [0.1, 0.15) is 6.04 Å². The van der Waals surface area contributed by atoms with E-state index in [0.29, 0.717) is 0 Å². The van der Waals surface area contributed by atoms with E-state index in [-0.39, 0.29) is 12.2 Å². The summed E-state index contributed by atoms with van der Waals surface area (Å²) < 4.78 is 25.1. The van der Waals surface area contributed by atoms with Crippen molar-refractivity contribution in [1.82, 2.24) is 9.71 Å². The third-order valence-corrected chi connectivity index (χ3v) is 3.60. The highest BCUT2D eigenvalue weighted by Gasteiger charge is 2.22. The number of aliphatic hydroxyl groups excluding tert-OH is 1. The molecule has 3 N–H and O–H groups in total. The lowest BCUT2D eigenvalue weighted by Gasteiger charge is -2.11. The van der Waals surface area contributed by atoms with Crippen LogP contribution in [0.3, 0.4) is 0 Å². The number of aryl methyl sites for hydroxylation is 1. The standard InChI is InChI=1S/C10H14N2O5S/c13-7-9(10(14)15)12-18(16,17)6-3-8-1-4-11-5-2-8/h1-2,4-5,9,12-13H,3,6-7H2,(H,14,15)/t9-/m1/s1. The number of carboxylic acids is 1. The molecule has 18 heavy (non-hydrogen) atoms. The summed E-state index contributed by atoms with van der Waals surface area (Å²) in [5, 5.41) is 17.4. The van der Waals surface area contributed by atoms with Gasteiger partial charge in [-0.15, -0.1) is 0 Å². The Labute approximate surface area is 105 Å². The summed E-state index contributed by atoms with van der Waals surface area (Å²) in [6.07, 6.45) is 3.34. The predicted octanol–water partition coefficient (Wildman–Crippen LogP) is -1.01. The van der Waals surface area contributed by atoms with Crippen molar-refractivity contribution in [3.8, 4) is 0 Å². The van der Waals surface area contributed by atoms with E-state index >= 15 is 0 Å². The zero-order valence-corrected chi connectivity index (χ0v) is 10.3. The fourth-order valence-electron chi connectivity index (χ4n) is 1.24. The maximum absolute atomic E-state index is 11.6. The second-order valence-electron chi connectivity index (χ2n) is 3.62. The van der Waals surface area contributed by atoms with E-state index < -0.39 is 28.6 Å². The molecule has 0 aliphatic carbocycles. The number of carbonyl (C=O) groups is 1. The molecule has 0 fully saturated rings. The van der Waals surface area contributed by atoms with Crippen LogP contribution in [0.4, 0.5) is 0 Å². The molecule has 1 atom stereocenters. The van der Waals surface area contributed by atoms with Crippen molar-refractivity contribution in [3.05, 3.63) is 30.1 Å². The van der Waals surface area contributed by atoms with Gasteiger partial charge in [0.25, 0.3) is 0 Å². The fraction of sp³-hybridized carbons (Fsp3) is 0.400. The van der Waals surface area contributed by atoms with Crippen molar-refractivity contribution in [2.75, 3.05) is 12.4 Å². The first-order chi connectivity index (χ1) is 8.44. The molecule has 0 aromatic carbocycles. The van der Waals surface area contributed by atoms with Crippen LogP contribution >= 0.6 is 0 Å². The molecule has 1 aromatic heterocycles. The number of aliphatic carboxylic acids is 1. The van der Waals surface area contributed by atoms with E-state index in [1.807, 2.05) is 4.72 Å². The van der Waals surface area contributed by atoms with Crippen molar-refractivity contribution in [1.29, 1.82) is 0 Å². The maximum atomic E-state index is 11.6. The van der Waals surface area contributed by atoms with Gasteiger partial charge in [0.05, 0.1) is 12.4 Å². The monoisotopic (exact) mass is 274 g/mol. The lowest BCUT2D eigenvalue weighted by atomic mass is 10.2. The topological polar surface area (TPSA) is 117 Å². The first-order valence-electron chi connectivity index (χ1n) is 5.17. The smallest absolute Gasteiger partial charge is 0.324 e. The highest BCUT2D eigenvalue weighted by Crippen LogP contribution is 2.00. The minimum atomic E-state index is -3.75. The Morgan fingerprint density at radius 2 is 2.00 bits per heavy atom. The van der Waals surface area contributed by atoms with Crippen LogP contribution in [-0.2, 0) is 21.2 Å². The molecular weight excluding hydrogens is 260 g/mol. The van der Waals surface area contributed by atoms with Crippen LogP contribution in [0, 0.1) is 0 Å². The molecule has 0 saturated carbocycles. The van der Waals surface area contributed by atoms with Gasteiger partial charge in [-0.05, 0) is 24.1 Å². The van der Waals surface area contributed by atoms with Crippen LogP contribution in [0.15, 0.2) is 24.5 Å². The van der Waals surface area contributed by atoms with Crippen LogP contribution in [-0.4, -0.2) is 48.0 Å². The highest BCUT2D eigenvalue weighted by molar-refractivity contribution is 7.89. The SMILES string of the molecule is O=C(O)[C@@H](CO)NS(=O)(=O)CCc1ccncc1. The van der Waals surface area contributed by atoms with E-state index in [2.05, 4.69) is 4.98 Å². The summed E-state index contributed by atoms with van der Waals surface area (Å²) in [6, 6.07) is 1.85. The summed E-state index contributed by atoms with van der Waals surface area (Å²) in [6.45, 7) is -0.788. The molecule has 0 radical (unpaired) electrons. The number of carboxylic acid groups (broad SMARTS) is 1. The molecule has 0 amide bonds. The molecular formula is C10H14N2O5S. The van der Waals surface area contributed by atoms with Gasteiger partial charge in [0.2, 0.25) is 10.0 Å². The number of aromatic nitrogens is 1. The van der Waals surface area contributed by atoms with E-state index in [4.69, 9.17) is 10.2 Å². The second-order valence-corrected chi connectivity index (χ2v) is 5.49. The number of nitrogens with zero attached hydrogens (tertiary/aromatic N) is 1. The Hall–Kier alpha value is -1.51. The highest BCUT2D eigenvalue weighted by atomic mass is 32.2. The Kier molecular flexibility index (Phi) is 5.20. The zero-order valence-electron chi connectivity index (χ0n) is 9.48. The fourth-order valence-corrected chi connectivity index (χ4v) is 2.47. The van der Waals surface area contributed by atoms with Crippen molar-refractivity contribution < 1.29 is 23.4 Å². The van der Waals surface area contributed by atoms with Gasteiger partial charge in [-0.25, -0.2) is 8.42 Å². The summed E-state index contributed by atoms with van der Waals surface area (Å²) in [4.78, 5) is 14.4. The number of nitrogens with one attached hydrogen (secondary N) is 1. The van der Waals surface area contributed by atoms with Crippen LogP contribution in [0.5, 0.6) is 0 Å². The van der Waals surface area contributed by atoms with Crippen molar-refractivity contribution in [3.63, 3.8) is 0 Å². The molecule has 1 heterocycles. The summed E-state index contributed by atoms with van der Waals surface area (Å²) >= 11 is 0. The second kappa shape index (κ2) is 6.43. The average Bonchev–Trinajstić information content (AvgIpc) is 2.35. The first-order valence-corrected chi connectivity index (χ1v) is 6.82. The molecule has 7 nitrogen and oxygen atoms in total. The largest absolute Gasteiger partial charge is 0.480 e. The molecule has 1 aromatic rings. The Morgan fingerprint density at radius 3 is 2.50 bits per heavy atom. The Bertz CT molecular complexity index is 488.